The van der Waals surface area contributed by atoms with Crippen LogP contribution in [0.5, 0.6) is 0 Å². The van der Waals surface area contributed by atoms with Crippen molar-refractivity contribution in [2.75, 3.05) is 20.3 Å². The molecule has 3 aliphatic rings. The summed E-state index contributed by atoms with van der Waals surface area (Å²) < 4.78 is 16.1. The standard InChI is InChI=1S/C21H36N2O.C20H34N2O.C19H32N2O/c1-3-5-6-7-8-9-18-10-12-20(13-11-18)21-22-15-19(16-23-21)17-24-14-4-2;1-3-5-6-7-8-9-17-10-12-19(13-11-17)20-21-14-18(15-22-20)16-23-4-2;1-3-4-5-6-7-8-16-9-11-18(12-10-16)19-20-13-17(14-21-19)15-22-2/h15-16,18,20H,3-14,17H2,1-2H3;14-15,17,19H,3-13,16H2,1-2H3;13-14,16,18H,3-12,15H2,1-2H3. The highest BCUT2D eigenvalue weighted by Gasteiger charge is 2.26. The molecule has 0 amide bonds. The average Bonchev–Trinajstić information content (AvgIpc) is 3.40. The van der Waals surface area contributed by atoms with E-state index in [2.05, 4.69) is 57.6 Å². The Kier molecular flexibility index (Phi) is 32.2. The van der Waals surface area contributed by atoms with Gasteiger partial charge in [0.2, 0.25) is 0 Å². The first kappa shape index (κ1) is 58.7. The zero-order valence-electron chi connectivity index (χ0n) is 45.3. The second-order valence-electron chi connectivity index (χ2n) is 21.2. The van der Waals surface area contributed by atoms with Gasteiger partial charge in [0.25, 0.3) is 0 Å². The second-order valence-corrected chi connectivity index (χ2v) is 21.2. The van der Waals surface area contributed by atoms with E-state index in [1.165, 1.54) is 193 Å². The van der Waals surface area contributed by atoms with E-state index < -0.39 is 0 Å². The Morgan fingerprint density at radius 1 is 0.362 bits per heavy atom. The van der Waals surface area contributed by atoms with Gasteiger partial charge in [0.05, 0.1) is 19.8 Å². The van der Waals surface area contributed by atoms with Gasteiger partial charge < -0.3 is 14.2 Å². The van der Waals surface area contributed by atoms with Crippen molar-refractivity contribution < 1.29 is 14.2 Å². The lowest BCUT2D eigenvalue weighted by atomic mass is 9.79. The summed E-state index contributed by atoms with van der Waals surface area (Å²) in [6.45, 7) is 14.4. The van der Waals surface area contributed by atoms with Gasteiger partial charge in [0.15, 0.2) is 0 Å². The van der Waals surface area contributed by atoms with Crippen molar-refractivity contribution in [3.8, 4) is 0 Å². The molecular weight excluding hydrogens is 853 g/mol. The van der Waals surface area contributed by atoms with Crippen LogP contribution in [0.15, 0.2) is 37.2 Å². The van der Waals surface area contributed by atoms with Gasteiger partial charge in [0, 0.05) is 91.9 Å². The van der Waals surface area contributed by atoms with Crippen molar-refractivity contribution in [1.82, 2.24) is 29.9 Å². The minimum absolute atomic E-state index is 0.576. The molecule has 0 aromatic carbocycles. The molecule has 9 nitrogen and oxygen atoms in total. The zero-order valence-corrected chi connectivity index (χ0v) is 45.3. The fourth-order valence-corrected chi connectivity index (χ4v) is 10.9. The van der Waals surface area contributed by atoms with E-state index in [1.54, 1.807) is 7.11 Å². The molecule has 3 saturated carbocycles. The molecule has 3 aliphatic carbocycles. The minimum atomic E-state index is 0.576. The maximum Gasteiger partial charge on any atom is 0.131 e. The van der Waals surface area contributed by atoms with E-state index in [-0.39, 0.29) is 0 Å². The van der Waals surface area contributed by atoms with E-state index in [4.69, 9.17) is 14.2 Å². The number of unbranched alkanes of at least 4 members (excludes halogenated alkanes) is 12. The molecule has 0 unspecified atom stereocenters. The van der Waals surface area contributed by atoms with Crippen LogP contribution in [-0.2, 0) is 34.0 Å². The molecule has 9 heteroatoms. The third kappa shape index (κ3) is 24.9. The third-order valence-electron chi connectivity index (χ3n) is 15.4. The fourth-order valence-electron chi connectivity index (χ4n) is 10.9. The molecule has 390 valence electrons. The monoisotopic (exact) mass is 955 g/mol. The number of aromatic nitrogens is 6. The largest absolute Gasteiger partial charge is 0.380 e. The van der Waals surface area contributed by atoms with Gasteiger partial charge in [-0.05, 0) is 108 Å². The summed E-state index contributed by atoms with van der Waals surface area (Å²) in [5, 5.41) is 0. The molecule has 3 heterocycles. The van der Waals surface area contributed by atoms with Gasteiger partial charge in [-0.15, -0.1) is 0 Å². The first-order valence-corrected chi connectivity index (χ1v) is 29.1. The molecule has 3 aromatic heterocycles. The first-order valence-electron chi connectivity index (χ1n) is 29.1. The molecule has 6 rings (SSSR count). The maximum absolute atomic E-state index is 5.55. The number of ether oxygens (including phenoxy) is 3. The van der Waals surface area contributed by atoms with Gasteiger partial charge in [-0.1, -0.05) is 143 Å². The topological polar surface area (TPSA) is 105 Å². The van der Waals surface area contributed by atoms with Crippen LogP contribution in [-0.4, -0.2) is 50.2 Å². The molecule has 3 fully saturated rings. The Morgan fingerprint density at radius 3 is 0.957 bits per heavy atom. The summed E-state index contributed by atoms with van der Waals surface area (Å²) >= 11 is 0. The molecule has 0 radical (unpaired) electrons. The van der Waals surface area contributed by atoms with Gasteiger partial charge in [-0.3, -0.25) is 0 Å². The van der Waals surface area contributed by atoms with Crippen LogP contribution in [0, 0.1) is 17.8 Å². The highest BCUT2D eigenvalue weighted by atomic mass is 16.5. The predicted octanol–water partition coefficient (Wildman–Crippen LogP) is 16.9. The van der Waals surface area contributed by atoms with Gasteiger partial charge in [-0.2, -0.15) is 0 Å². The second kappa shape index (κ2) is 37.8. The van der Waals surface area contributed by atoms with Crippen LogP contribution < -0.4 is 0 Å². The molecule has 69 heavy (non-hydrogen) atoms. The quantitative estimate of drug-likeness (QED) is 0.0604. The number of hydrogen-bond acceptors (Lipinski definition) is 9. The summed E-state index contributed by atoms with van der Waals surface area (Å²) in [5.74, 6) is 7.72. The lowest BCUT2D eigenvalue weighted by Gasteiger charge is -2.27. The van der Waals surface area contributed by atoms with E-state index in [0.717, 1.165) is 71.6 Å². The normalized spacial score (nSPS) is 21.5. The summed E-state index contributed by atoms with van der Waals surface area (Å²) in [7, 11) is 1.71. The highest BCUT2D eigenvalue weighted by Crippen LogP contribution is 2.39. The van der Waals surface area contributed by atoms with E-state index in [9.17, 15) is 0 Å². The first-order chi connectivity index (χ1) is 34.0. The smallest absolute Gasteiger partial charge is 0.131 e. The maximum atomic E-state index is 5.55. The molecular formula is C60H102N6O3. The van der Waals surface area contributed by atoms with Crippen LogP contribution in [0.1, 0.15) is 286 Å². The molecule has 0 N–H and O–H groups in total. The summed E-state index contributed by atoms with van der Waals surface area (Å²) in [6, 6.07) is 0. The SMILES string of the molecule is CCCCCCCC1CCC(c2ncc(COC)cn2)CC1.CCCCCCCC1CCC(c2ncc(COCC)cn2)CC1.CCCCCCCC1CCC(c2ncc(COCCC)cn2)CC1. The Morgan fingerprint density at radius 2 is 0.667 bits per heavy atom. The number of rotatable bonds is 30. The Balaban J connectivity index is 0.000000226. The van der Waals surface area contributed by atoms with Crippen LogP contribution >= 0.6 is 0 Å². The Bertz CT molecular complexity index is 1620. The predicted molar refractivity (Wildman–Crippen MR) is 286 cm³/mol. The minimum Gasteiger partial charge on any atom is -0.380 e. The molecule has 0 saturated heterocycles. The van der Waals surface area contributed by atoms with Crippen molar-refractivity contribution >= 4 is 0 Å². The number of nitrogens with zero attached hydrogens (tertiary/aromatic N) is 6. The lowest BCUT2D eigenvalue weighted by molar-refractivity contribution is 0.121. The van der Waals surface area contributed by atoms with Crippen molar-refractivity contribution in [3.05, 3.63) is 71.3 Å². The zero-order chi connectivity index (χ0) is 49.0. The summed E-state index contributed by atoms with van der Waals surface area (Å²) in [4.78, 5) is 27.5. The van der Waals surface area contributed by atoms with Gasteiger partial charge in [0.1, 0.15) is 17.5 Å². The Labute approximate surface area is 423 Å². The number of hydrogen-bond donors (Lipinski definition) is 0. The summed E-state index contributed by atoms with van der Waals surface area (Å²) in [6.07, 6.45) is 53.9. The van der Waals surface area contributed by atoms with Crippen molar-refractivity contribution in [2.24, 2.45) is 17.8 Å². The van der Waals surface area contributed by atoms with Crippen molar-refractivity contribution in [3.63, 3.8) is 0 Å². The Hall–Kier alpha value is -2.88. The highest BCUT2D eigenvalue weighted by molar-refractivity contribution is 5.09. The fraction of sp³-hybridized carbons (Fsp3) is 0.800. The molecule has 0 spiro atoms. The van der Waals surface area contributed by atoms with E-state index >= 15 is 0 Å². The van der Waals surface area contributed by atoms with E-state index in [1.807, 2.05) is 44.1 Å². The van der Waals surface area contributed by atoms with E-state index in [0.29, 0.717) is 37.6 Å². The van der Waals surface area contributed by atoms with Crippen LogP contribution in [0.2, 0.25) is 0 Å². The van der Waals surface area contributed by atoms with Crippen LogP contribution in [0.25, 0.3) is 0 Å². The third-order valence-corrected chi connectivity index (χ3v) is 15.4. The van der Waals surface area contributed by atoms with Gasteiger partial charge in [-0.25, -0.2) is 29.9 Å². The number of methoxy groups -OCH3 is 1. The molecule has 0 aliphatic heterocycles. The summed E-state index contributed by atoms with van der Waals surface area (Å²) in [5.41, 5.74) is 3.23. The van der Waals surface area contributed by atoms with Crippen molar-refractivity contribution in [2.45, 2.75) is 271 Å². The molecule has 0 bridgehead atoms. The molecule has 0 atom stereocenters. The van der Waals surface area contributed by atoms with Crippen LogP contribution in [0.3, 0.4) is 0 Å². The average molecular weight is 956 g/mol. The van der Waals surface area contributed by atoms with Crippen LogP contribution in [0.4, 0.5) is 0 Å². The molecule has 3 aromatic rings. The van der Waals surface area contributed by atoms with Crippen molar-refractivity contribution in [1.29, 1.82) is 0 Å². The lowest BCUT2D eigenvalue weighted by Crippen LogP contribution is -2.15. The van der Waals surface area contributed by atoms with Gasteiger partial charge >= 0.3 is 0 Å².